The summed E-state index contributed by atoms with van der Waals surface area (Å²) in [5, 5.41) is 11.8. The van der Waals surface area contributed by atoms with E-state index in [2.05, 4.69) is 41.2 Å². The van der Waals surface area contributed by atoms with E-state index < -0.39 is 15.7 Å². The number of methoxy groups -OCH3 is 2. The molecule has 2 aromatic carbocycles. The van der Waals surface area contributed by atoms with Crippen molar-refractivity contribution in [1.29, 1.82) is 5.26 Å². The maximum atomic E-state index is 13.3. The summed E-state index contributed by atoms with van der Waals surface area (Å²) in [5.74, 6) is -0.156. The monoisotopic (exact) mass is 892 g/mol. The van der Waals surface area contributed by atoms with Crippen molar-refractivity contribution in [3.63, 3.8) is 0 Å². The molecule has 8 atom stereocenters. The normalized spacial score (nSPS) is 29.8. The lowest BCUT2D eigenvalue weighted by molar-refractivity contribution is -0.159. The lowest BCUT2D eigenvalue weighted by Gasteiger charge is -2.48. The number of benzene rings is 2. The van der Waals surface area contributed by atoms with Crippen LogP contribution in [0.25, 0.3) is 9.69 Å². The number of esters is 2. The molecule has 0 aromatic heterocycles. The quantitative estimate of drug-likeness (QED) is 0.0943. The third-order valence-electron chi connectivity index (χ3n) is 12.4. The number of thioether (sulfide) groups is 1. The average molecular weight is 894 g/mol. The summed E-state index contributed by atoms with van der Waals surface area (Å²) in [6.45, 7) is 23.1. The molecule has 0 aliphatic heterocycles. The van der Waals surface area contributed by atoms with Crippen molar-refractivity contribution < 1.29 is 28.5 Å². The van der Waals surface area contributed by atoms with Gasteiger partial charge in [0.25, 0.3) is 0 Å². The molecule has 2 fully saturated rings. The highest BCUT2D eigenvalue weighted by Gasteiger charge is 2.65. The first-order valence-corrected chi connectivity index (χ1v) is 20.7. The van der Waals surface area contributed by atoms with Crippen LogP contribution in [-0.4, -0.2) is 55.4 Å². The van der Waals surface area contributed by atoms with Gasteiger partial charge in [0.2, 0.25) is 0 Å². The Morgan fingerprint density at radius 1 is 0.879 bits per heavy atom. The minimum absolute atomic E-state index is 0. The molecule has 2 spiro atoms. The number of halogens is 3. The van der Waals surface area contributed by atoms with Crippen LogP contribution in [0.5, 0.6) is 0 Å². The maximum Gasteiger partial charge on any atom is 0.331 e. The van der Waals surface area contributed by atoms with Gasteiger partial charge in [0, 0.05) is 25.0 Å². The average Bonchev–Trinajstić information content (AvgIpc) is 3.56. The molecule has 2 aromatic rings. The Kier molecular flexibility index (Phi) is 19.0. The standard InChI is InChI=1S/C21H24N2O3S.C20H26N2O3.CCl2S.CH4.ClH/c1-5-26-19(24)21(27-13-22)17-10-16(23-3)7-6-15(17)12-20(21)9-8-18(25-4)14(2)11-20;1-5-25-18(23)20(21)16-10-15(22-3)7-6-14(16)12-19(20)9-8-17(24-4)13(2)11-19;2-1(3)4;;/h6-7,10,14,18H,5,8-9,11-12H2,1-2,4H3;6-7,10,13,17H,5,8-9,11-12,21H2,1-2,4H3;;1H4;1H/t14-,18-,20-,21?;13-,17-,19-,20+;;;/m00.../s1. The van der Waals surface area contributed by atoms with E-state index in [0.717, 1.165) is 85.4 Å². The van der Waals surface area contributed by atoms with Crippen molar-refractivity contribution in [1.82, 2.24) is 0 Å². The van der Waals surface area contributed by atoms with E-state index in [1.807, 2.05) is 12.1 Å². The van der Waals surface area contributed by atoms with Crippen LogP contribution in [-0.2, 0) is 51.7 Å². The van der Waals surface area contributed by atoms with Crippen LogP contribution in [0.1, 0.15) is 95.9 Å². The summed E-state index contributed by atoms with van der Waals surface area (Å²) in [4.78, 5) is 33.4. The summed E-state index contributed by atoms with van der Waals surface area (Å²) in [7, 11) is 3.47. The van der Waals surface area contributed by atoms with Gasteiger partial charge in [-0.2, -0.15) is 5.26 Å². The van der Waals surface area contributed by atoms with E-state index in [1.54, 1.807) is 52.3 Å². The highest BCUT2D eigenvalue weighted by Crippen LogP contribution is 2.65. The summed E-state index contributed by atoms with van der Waals surface area (Å²) < 4.78 is 21.0. The van der Waals surface area contributed by atoms with Crippen molar-refractivity contribution in [2.45, 2.75) is 109 Å². The first-order valence-electron chi connectivity index (χ1n) is 18.8. The Bertz CT molecular complexity index is 1930. The number of carbonyl (C=O) groups is 2. The predicted molar refractivity (Wildman–Crippen MR) is 238 cm³/mol. The zero-order valence-corrected chi connectivity index (χ0v) is 37.2. The number of nitrogens with zero attached hydrogens (tertiary/aromatic N) is 3. The maximum absolute atomic E-state index is 13.3. The van der Waals surface area contributed by atoms with Crippen LogP contribution in [0.2, 0.25) is 0 Å². The van der Waals surface area contributed by atoms with Crippen LogP contribution in [0.3, 0.4) is 0 Å². The fourth-order valence-corrected chi connectivity index (χ4v) is 11.1. The first kappa shape index (κ1) is 51.2. The molecule has 0 heterocycles. The fourth-order valence-electron chi connectivity index (χ4n) is 10.0. The third kappa shape index (κ3) is 9.49. The predicted octanol–water partition coefficient (Wildman–Crippen LogP) is 10.7. The van der Waals surface area contributed by atoms with Crippen LogP contribution in [0.15, 0.2) is 36.4 Å². The molecule has 0 amide bonds. The highest BCUT2D eigenvalue weighted by molar-refractivity contribution is 8.05. The Morgan fingerprint density at radius 3 is 1.76 bits per heavy atom. The van der Waals surface area contributed by atoms with E-state index >= 15 is 0 Å². The molecule has 2 saturated carbocycles. The SMILES string of the molecule is C.Cl.S=C(Cl)Cl.[C-]#[N+]c1ccc2c(c1)C(SC#N)(C(=O)OCC)[C@]1(CC[C@H](OC)[C@@H](C)C1)C2.[C-]#[N+]c1ccc2c(c1)[C@@](N)(C(=O)OCC)[C@]1(CC[C@H](OC)[C@@H](C)C1)C2. The van der Waals surface area contributed by atoms with Gasteiger partial charge in [-0.05, 0) is 111 Å². The van der Waals surface area contributed by atoms with Crippen LogP contribution >= 0.6 is 59.6 Å². The molecule has 58 heavy (non-hydrogen) atoms. The van der Waals surface area contributed by atoms with Crippen molar-refractivity contribution in [2.75, 3.05) is 27.4 Å². The van der Waals surface area contributed by atoms with E-state index in [1.165, 1.54) is 0 Å². The molecule has 316 valence electrons. The summed E-state index contributed by atoms with van der Waals surface area (Å²) in [5.41, 5.74) is 9.52. The number of ether oxygens (including phenoxy) is 4. The van der Waals surface area contributed by atoms with Gasteiger partial charge in [0.05, 0.1) is 38.6 Å². The zero-order valence-electron chi connectivity index (χ0n) is 33.2. The van der Waals surface area contributed by atoms with Gasteiger partial charge in [-0.15, -0.1) is 12.4 Å². The molecule has 0 saturated heterocycles. The van der Waals surface area contributed by atoms with Gasteiger partial charge >= 0.3 is 11.9 Å². The second-order valence-corrected chi connectivity index (χ2v) is 18.0. The number of nitrogens with two attached hydrogens (primary N) is 1. The number of hydrogen-bond acceptors (Lipinski definition) is 10. The van der Waals surface area contributed by atoms with E-state index in [-0.39, 0.29) is 65.7 Å². The molecule has 6 rings (SSSR count). The zero-order chi connectivity index (χ0) is 41.5. The Labute approximate surface area is 370 Å². The lowest BCUT2D eigenvalue weighted by Crippen LogP contribution is -2.59. The Balaban J connectivity index is 0.000000356. The first-order chi connectivity index (χ1) is 26.6. The molecule has 2 N–H and O–H groups in total. The number of fused-ring (bicyclic) bond motifs is 2. The fraction of sp³-hybridized carbons (Fsp3) is 0.581. The van der Waals surface area contributed by atoms with Gasteiger partial charge in [0.1, 0.15) is 10.9 Å². The molecule has 4 aliphatic rings. The highest BCUT2D eigenvalue weighted by atomic mass is 35.5. The van der Waals surface area contributed by atoms with Gasteiger partial charge in [0.15, 0.2) is 19.9 Å². The summed E-state index contributed by atoms with van der Waals surface area (Å²) >= 11 is 14.6. The number of nitriles is 1. The molecule has 1 unspecified atom stereocenters. The molecular weight excluding hydrogens is 839 g/mol. The van der Waals surface area contributed by atoms with Gasteiger partial charge in [-0.3, -0.25) is 4.79 Å². The van der Waals surface area contributed by atoms with Crippen LogP contribution in [0.4, 0.5) is 11.4 Å². The Hall–Kier alpha value is -2.96. The number of thiocarbonyl (C=S) groups is 1. The smallest absolute Gasteiger partial charge is 0.331 e. The molecular formula is C43H55Cl3N4O6S2. The number of rotatable bonds is 7. The molecule has 0 radical (unpaired) electrons. The van der Waals surface area contributed by atoms with E-state index in [4.69, 9.17) is 61.0 Å². The molecule has 0 bridgehead atoms. The van der Waals surface area contributed by atoms with Gasteiger partial charge in [-0.25, -0.2) is 14.5 Å². The number of carbonyl (C=O) groups excluding carboxylic acids is 2. The van der Waals surface area contributed by atoms with E-state index in [0.29, 0.717) is 23.9 Å². The number of thiocyanates is 1. The lowest BCUT2D eigenvalue weighted by atomic mass is 9.59. The van der Waals surface area contributed by atoms with Crippen molar-refractivity contribution in [2.24, 2.45) is 28.4 Å². The minimum Gasteiger partial charge on any atom is -0.465 e. The van der Waals surface area contributed by atoms with Crippen molar-refractivity contribution in [3.8, 4) is 5.40 Å². The molecule has 10 nitrogen and oxygen atoms in total. The van der Waals surface area contributed by atoms with Crippen molar-refractivity contribution in [3.05, 3.63) is 81.5 Å². The van der Waals surface area contributed by atoms with Crippen LogP contribution < -0.4 is 5.73 Å². The molecule has 15 heteroatoms. The van der Waals surface area contributed by atoms with Gasteiger partial charge < -0.3 is 24.7 Å². The third-order valence-corrected chi connectivity index (χ3v) is 13.6. The van der Waals surface area contributed by atoms with Crippen molar-refractivity contribution >= 4 is 86.7 Å². The number of hydrogen-bond donors (Lipinski definition) is 1. The van der Waals surface area contributed by atoms with E-state index in [9.17, 15) is 14.9 Å². The van der Waals surface area contributed by atoms with Crippen LogP contribution in [0, 0.1) is 46.5 Å². The largest absolute Gasteiger partial charge is 0.465 e. The summed E-state index contributed by atoms with van der Waals surface area (Å²) in [6.07, 6.45) is 6.71. The minimum atomic E-state index is -1.20. The summed E-state index contributed by atoms with van der Waals surface area (Å²) in [6, 6.07) is 11.1. The second-order valence-electron chi connectivity index (χ2n) is 15.2. The van der Waals surface area contributed by atoms with Gasteiger partial charge in [-0.1, -0.05) is 93.1 Å². The molecule has 4 aliphatic carbocycles. The Morgan fingerprint density at radius 2 is 1.31 bits per heavy atom. The topological polar surface area (TPSA) is 130 Å². The second kappa shape index (κ2) is 21.5.